The number of hydrogen-bond donors (Lipinski definition) is 1. The predicted octanol–water partition coefficient (Wildman–Crippen LogP) is 4.08. The molecule has 0 fully saturated rings. The topological polar surface area (TPSA) is 87.4 Å². The Balaban J connectivity index is 2.74. The molecule has 0 aromatic carbocycles. The summed E-state index contributed by atoms with van der Waals surface area (Å²) in [5.41, 5.74) is 7.96. The third-order valence-electron chi connectivity index (χ3n) is 5.15. The second-order valence-electron chi connectivity index (χ2n) is 8.55. The van der Waals surface area contributed by atoms with E-state index in [-0.39, 0.29) is 22.1 Å². The maximum Gasteiger partial charge on any atom is 0.207 e. The Kier molecular flexibility index (Phi) is 4.85. The van der Waals surface area contributed by atoms with Gasteiger partial charge in [-0.05, 0) is 29.0 Å². The lowest BCUT2D eigenvalue weighted by Gasteiger charge is -2.53. The van der Waals surface area contributed by atoms with Gasteiger partial charge in [0.15, 0.2) is 5.84 Å². The minimum absolute atomic E-state index is 0.0562. The highest BCUT2D eigenvalue weighted by Crippen LogP contribution is 2.57. The quantitative estimate of drug-likeness (QED) is 0.501. The Bertz CT molecular complexity index is 751. The Morgan fingerprint density at radius 3 is 2.32 bits per heavy atom. The van der Waals surface area contributed by atoms with Gasteiger partial charge in [0.25, 0.3) is 0 Å². The van der Waals surface area contributed by atoms with Crippen molar-refractivity contribution in [3.8, 4) is 6.19 Å². The van der Waals surface area contributed by atoms with E-state index < -0.39 is 0 Å². The van der Waals surface area contributed by atoms with Gasteiger partial charge >= 0.3 is 0 Å². The number of nitrogens with zero attached hydrogens (tertiary/aromatic N) is 4. The molecule has 0 radical (unpaired) electrons. The average molecular weight is 337 g/mol. The van der Waals surface area contributed by atoms with Crippen LogP contribution < -0.4 is 5.73 Å². The van der Waals surface area contributed by atoms with Gasteiger partial charge in [0, 0.05) is 18.0 Å². The smallest absolute Gasteiger partial charge is 0.207 e. The van der Waals surface area contributed by atoms with Crippen LogP contribution in [0.5, 0.6) is 0 Å². The molecule has 1 aliphatic rings. The summed E-state index contributed by atoms with van der Waals surface area (Å²) >= 11 is 0. The van der Waals surface area contributed by atoms with Crippen molar-refractivity contribution in [1.82, 2.24) is 4.98 Å². The first kappa shape index (κ1) is 18.9. The van der Waals surface area contributed by atoms with E-state index in [9.17, 15) is 0 Å². The third-order valence-corrected chi connectivity index (χ3v) is 5.15. The molecule has 0 saturated heterocycles. The molecule has 2 rings (SSSR count). The number of nitrogens with two attached hydrogens (primary N) is 1. The van der Waals surface area contributed by atoms with Crippen LogP contribution in [-0.2, 0) is 0 Å². The van der Waals surface area contributed by atoms with Crippen LogP contribution in [0.15, 0.2) is 46.2 Å². The minimum atomic E-state index is -0.223. The summed E-state index contributed by atoms with van der Waals surface area (Å²) in [7, 11) is 0. The van der Waals surface area contributed by atoms with Gasteiger partial charge in [-0.3, -0.25) is 4.98 Å². The van der Waals surface area contributed by atoms with E-state index in [0.717, 1.165) is 17.8 Å². The minimum Gasteiger partial charge on any atom is -0.381 e. The van der Waals surface area contributed by atoms with Crippen molar-refractivity contribution in [3.63, 3.8) is 0 Å². The lowest BCUT2D eigenvalue weighted by molar-refractivity contribution is 0.0227. The van der Waals surface area contributed by atoms with Crippen molar-refractivity contribution in [3.05, 3.63) is 41.9 Å². The van der Waals surface area contributed by atoms with Crippen molar-refractivity contribution in [2.24, 2.45) is 32.0 Å². The molecule has 1 aromatic heterocycles. The molecular weight excluding hydrogens is 310 g/mol. The van der Waals surface area contributed by atoms with E-state index in [2.05, 4.69) is 57.6 Å². The summed E-state index contributed by atoms with van der Waals surface area (Å²) in [6, 6.07) is 5.79. The fraction of sp³-hybridized carbons (Fsp3) is 0.500. The Morgan fingerprint density at radius 2 is 1.84 bits per heavy atom. The van der Waals surface area contributed by atoms with Gasteiger partial charge in [-0.25, -0.2) is 4.99 Å². The molecule has 0 spiro atoms. The highest BCUT2D eigenvalue weighted by molar-refractivity contribution is 6.07. The summed E-state index contributed by atoms with van der Waals surface area (Å²) < 4.78 is 0. The largest absolute Gasteiger partial charge is 0.381 e. The number of allylic oxidation sites excluding steroid dienone is 1. The number of amidine groups is 1. The van der Waals surface area contributed by atoms with Gasteiger partial charge in [0.2, 0.25) is 6.19 Å². The van der Waals surface area contributed by atoms with Crippen molar-refractivity contribution in [2.75, 3.05) is 0 Å². The first-order chi connectivity index (χ1) is 11.5. The monoisotopic (exact) mass is 337 g/mol. The van der Waals surface area contributed by atoms with Gasteiger partial charge in [0.1, 0.15) is 5.70 Å². The molecule has 1 aliphatic heterocycles. The summed E-state index contributed by atoms with van der Waals surface area (Å²) in [6.45, 7) is 13.4. The van der Waals surface area contributed by atoms with Crippen molar-refractivity contribution in [2.45, 2.75) is 48.0 Å². The second-order valence-corrected chi connectivity index (χ2v) is 8.55. The third kappa shape index (κ3) is 3.48. The van der Waals surface area contributed by atoms with Crippen LogP contribution in [0.4, 0.5) is 0 Å². The number of aromatic nitrogens is 1. The number of hydrogen-bond acceptors (Lipinski definition) is 4. The molecule has 1 aromatic rings. The zero-order chi connectivity index (χ0) is 18.9. The summed E-state index contributed by atoms with van der Waals surface area (Å²) in [4.78, 5) is 12.9. The fourth-order valence-electron chi connectivity index (χ4n) is 3.78. The van der Waals surface area contributed by atoms with Gasteiger partial charge in [-0.15, -0.1) is 0 Å². The van der Waals surface area contributed by atoms with Crippen LogP contribution in [-0.4, -0.2) is 16.5 Å². The summed E-state index contributed by atoms with van der Waals surface area (Å²) in [6.07, 6.45) is 6.38. The molecule has 0 atom stereocenters. The van der Waals surface area contributed by atoms with Crippen LogP contribution in [0, 0.1) is 27.7 Å². The van der Waals surface area contributed by atoms with Gasteiger partial charge < -0.3 is 5.73 Å². The van der Waals surface area contributed by atoms with Crippen molar-refractivity contribution < 1.29 is 0 Å². The predicted molar refractivity (Wildman–Crippen MR) is 102 cm³/mol. The van der Waals surface area contributed by atoms with E-state index >= 15 is 0 Å². The molecule has 132 valence electrons. The molecule has 2 N–H and O–H groups in total. The molecular formula is C20H27N5. The Labute approximate surface area is 150 Å². The molecule has 0 saturated carbocycles. The zero-order valence-corrected chi connectivity index (χ0v) is 16.0. The average Bonchev–Trinajstić information content (AvgIpc) is 2.53. The number of pyridine rings is 1. The van der Waals surface area contributed by atoms with E-state index in [1.165, 1.54) is 0 Å². The molecule has 2 heterocycles. The molecule has 25 heavy (non-hydrogen) atoms. The molecule has 0 amide bonds. The van der Waals surface area contributed by atoms with Crippen LogP contribution in [0.2, 0.25) is 0 Å². The van der Waals surface area contributed by atoms with E-state index in [4.69, 9.17) is 16.0 Å². The van der Waals surface area contributed by atoms with Crippen LogP contribution in [0.3, 0.4) is 0 Å². The fourth-order valence-corrected chi connectivity index (χ4v) is 3.78. The summed E-state index contributed by atoms with van der Waals surface area (Å²) in [5, 5.41) is 8.89. The molecule has 5 nitrogen and oxygen atoms in total. The van der Waals surface area contributed by atoms with E-state index in [1.807, 2.05) is 18.2 Å². The normalized spacial score (nSPS) is 18.2. The first-order valence-electron chi connectivity index (χ1n) is 8.46. The second kappa shape index (κ2) is 6.44. The lowest BCUT2D eigenvalue weighted by atomic mass is 9.51. The maximum atomic E-state index is 8.89. The lowest BCUT2D eigenvalue weighted by Crippen LogP contribution is -2.48. The van der Waals surface area contributed by atoms with E-state index in [1.54, 1.807) is 12.4 Å². The molecule has 5 heteroatoms. The van der Waals surface area contributed by atoms with Crippen LogP contribution in [0.1, 0.15) is 53.7 Å². The highest BCUT2D eigenvalue weighted by atomic mass is 14.9. The molecule has 0 bridgehead atoms. The van der Waals surface area contributed by atoms with Gasteiger partial charge in [-0.2, -0.15) is 10.3 Å². The maximum absolute atomic E-state index is 8.89. The molecule has 0 unspecified atom stereocenters. The molecule has 0 aliphatic carbocycles. The van der Waals surface area contributed by atoms with Gasteiger partial charge in [-0.1, -0.05) is 47.6 Å². The number of nitriles is 1. The van der Waals surface area contributed by atoms with E-state index in [0.29, 0.717) is 5.70 Å². The standard InChI is InChI=1S/C20H27N5/c1-18(2,3)20(19(4,5)6)11-15(14-9-7-8-10-23-14)25-16(12-20)17(22)24-13-21/h7-10,12H,11H2,1-6H3,(H2,22,24). The first-order valence-corrected chi connectivity index (χ1v) is 8.46. The van der Waals surface area contributed by atoms with Crippen LogP contribution in [0.25, 0.3) is 0 Å². The Hall–Kier alpha value is -2.48. The van der Waals surface area contributed by atoms with Crippen LogP contribution >= 0.6 is 0 Å². The SMILES string of the molecule is CC(C)(C)C1(C(C)(C)C)C=C(C(N)=NC#N)N=C(c2ccccn2)C1. The number of aliphatic imine (C=N–C) groups is 2. The zero-order valence-electron chi connectivity index (χ0n) is 16.0. The number of rotatable bonds is 2. The van der Waals surface area contributed by atoms with Crippen molar-refractivity contribution >= 4 is 11.5 Å². The van der Waals surface area contributed by atoms with Crippen molar-refractivity contribution in [1.29, 1.82) is 5.26 Å². The van der Waals surface area contributed by atoms with Gasteiger partial charge in [0.05, 0.1) is 11.4 Å². The Morgan fingerprint density at radius 1 is 1.20 bits per heavy atom. The summed E-state index contributed by atoms with van der Waals surface area (Å²) in [5.74, 6) is 0.147. The highest BCUT2D eigenvalue weighted by Gasteiger charge is 2.51.